The van der Waals surface area contributed by atoms with Gasteiger partial charge in [0.25, 0.3) is 0 Å². The minimum absolute atomic E-state index is 0. The van der Waals surface area contributed by atoms with Crippen molar-refractivity contribution >= 4 is 35.8 Å². The molecule has 10 heteroatoms. The van der Waals surface area contributed by atoms with Crippen molar-refractivity contribution in [2.75, 3.05) is 66.6 Å². The van der Waals surface area contributed by atoms with Gasteiger partial charge < -0.3 is 25.0 Å². The van der Waals surface area contributed by atoms with Gasteiger partial charge in [0.05, 0.1) is 19.8 Å². The fourth-order valence-corrected chi connectivity index (χ4v) is 3.01. The van der Waals surface area contributed by atoms with E-state index in [1.54, 1.807) is 26.2 Å². The molecular weight excluding hydrogens is 528 g/mol. The number of nitrogens with one attached hydrogen (secondary N) is 2. The summed E-state index contributed by atoms with van der Waals surface area (Å²) in [7, 11) is 3.42. The number of morpholine rings is 1. The van der Waals surface area contributed by atoms with Crippen molar-refractivity contribution < 1.29 is 18.7 Å². The maximum Gasteiger partial charge on any atom is 0.243 e. The number of nitrogens with zero attached hydrogens (tertiary/aromatic N) is 3. The quantitative estimate of drug-likeness (QED) is 0.185. The first kappa shape index (κ1) is 28.4. The van der Waals surface area contributed by atoms with Crippen LogP contribution in [-0.2, 0) is 9.53 Å². The fourth-order valence-electron chi connectivity index (χ4n) is 3.01. The van der Waals surface area contributed by atoms with Crippen LogP contribution in [0, 0.1) is 5.82 Å². The highest BCUT2D eigenvalue weighted by Crippen LogP contribution is 2.14. The minimum atomic E-state index is -0.327. The molecule has 0 radical (unpaired) electrons. The molecule has 0 aliphatic carbocycles. The Labute approximate surface area is 207 Å². The number of likely N-dealkylation sites (N-methyl/N-ethyl adjacent to an activating group) is 1. The molecule has 0 saturated carbocycles. The van der Waals surface area contributed by atoms with Gasteiger partial charge in [0, 0.05) is 39.8 Å². The standard InChI is InChI=1S/C22H36FN5O3.HI/c1-4-19(31-20-8-5-7-18(23)15-20)16-25-22(26-17-21(29)27(2)3)24-9-6-10-28-11-13-30-14-12-28;/h5,7-8,15,19H,4,6,9-14,16-17H2,1-3H3,(H2,24,25,26);1H. The lowest BCUT2D eigenvalue weighted by molar-refractivity contribution is -0.127. The summed E-state index contributed by atoms with van der Waals surface area (Å²) in [6, 6.07) is 6.12. The van der Waals surface area contributed by atoms with E-state index in [1.807, 2.05) is 6.92 Å². The molecule has 1 aliphatic heterocycles. The van der Waals surface area contributed by atoms with Crippen LogP contribution in [0.25, 0.3) is 0 Å². The Bertz CT molecular complexity index is 702. The van der Waals surface area contributed by atoms with E-state index in [0.717, 1.165) is 52.2 Å². The molecule has 1 amide bonds. The van der Waals surface area contributed by atoms with Crippen LogP contribution in [0.3, 0.4) is 0 Å². The largest absolute Gasteiger partial charge is 0.489 e. The molecule has 2 rings (SSSR count). The smallest absolute Gasteiger partial charge is 0.243 e. The van der Waals surface area contributed by atoms with Crippen molar-refractivity contribution in [3.63, 3.8) is 0 Å². The molecule has 1 aliphatic rings. The summed E-state index contributed by atoms with van der Waals surface area (Å²) in [4.78, 5) is 20.2. The van der Waals surface area contributed by atoms with Crippen molar-refractivity contribution in [1.29, 1.82) is 0 Å². The van der Waals surface area contributed by atoms with E-state index in [4.69, 9.17) is 9.47 Å². The Morgan fingerprint density at radius 2 is 2.06 bits per heavy atom. The molecule has 182 valence electrons. The number of carbonyl (C=O) groups excluding carboxylic acids is 1. The second kappa shape index (κ2) is 16.0. The lowest BCUT2D eigenvalue weighted by Gasteiger charge is -2.26. The predicted molar refractivity (Wildman–Crippen MR) is 135 cm³/mol. The number of carbonyl (C=O) groups is 1. The normalized spacial score (nSPS) is 15.4. The molecule has 32 heavy (non-hydrogen) atoms. The Morgan fingerprint density at radius 3 is 2.72 bits per heavy atom. The van der Waals surface area contributed by atoms with Gasteiger partial charge in [-0.1, -0.05) is 13.0 Å². The zero-order chi connectivity index (χ0) is 22.5. The molecule has 1 saturated heterocycles. The van der Waals surface area contributed by atoms with Gasteiger partial charge in [0.1, 0.15) is 24.2 Å². The van der Waals surface area contributed by atoms with E-state index in [0.29, 0.717) is 18.3 Å². The van der Waals surface area contributed by atoms with Crippen molar-refractivity contribution in [2.24, 2.45) is 4.99 Å². The van der Waals surface area contributed by atoms with E-state index < -0.39 is 0 Å². The number of benzene rings is 1. The van der Waals surface area contributed by atoms with Gasteiger partial charge >= 0.3 is 0 Å². The summed E-state index contributed by atoms with van der Waals surface area (Å²) < 4.78 is 24.7. The summed E-state index contributed by atoms with van der Waals surface area (Å²) in [5.74, 6) is 0.663. The molecule has 1 atom stereocenters. The van der Waals surface area contributed by atoms with Crippen LogP contribution in [0.1, 0.15) is 19.8 Å². The van der Waals surface area contributed by atoms with Gasteiger partial charge in [-0.3, -0.25) is 9.69 Å². The maximum absolute atomic E-state index is 13.4. The van der Waals surface area contributed by atoms with Gasteiger partial charge in [-0.25, -0.2) is 9.38 Å². The summed E-state index contributed by atoms with van der Waals surface area (Å²) in [5.41, 5.74) is 0. The first-order chi connectivity index (χ1) is 15.0. The number of guanidine groups is 1. The summed E-state index contributed by atoms with van der Waals surface area (Å²) in [5, 5.41) is 6.55. The minimum Gasteiger partial charge on any atom is -0.489 e. The molecular formula is C22H37FIN5O3. The Hall–Kier alpha value is -1.66. The molecule has 2 N–H and O–H groups in total. The molecule has 1 unspecified atom stereocenters. The van der Waals surface area contributed by atoms with Crippen LogP contribution in [0.5, 0.6) is 5.75 Å². The van der Waals surface area contributed by atoms with Gasteiger partial charge in [0.15, 0.2) is 5.96 Å². The van der Waals surface area contributed by atoms with E-state index in [1.165, 1.54) is 17.0 Å². The highest BCUT2D eigenvalue weighted by atomic mass is 127. The van der Waals surface area contributed by atoms with Gasteiger partial charge in [-0.15, -0.1) is 24.0 Å². The van der Waals surface area contributed by atoms with Crippen molar-refractivity contribution in [3.8, 4) is 5.75 Å². The number of amides is 1. The number of hydrogen-bond acceptors (Lipinski definition) is 5. The number of aliphatic imine (C=N–C) groups is 1. The van der Waals surface area contributed by atoms with Crippen LogP contribution >= 0.6 is 24.0 Å². The van der Waals surface area contributed by atoms with Crippen LogP contribution in [-0.4, -0.2) is 94.3 Å². The Balaban J connectivity index is 0.00000512. The molecule has 0 aromatic heterocycles. The van der Waals surface area contributed by atoms with Gasteiger partial charge in [-0.05, 0) is 31.5 Å². The SMILES string of the molecule is CCC(CNC(=NCC(=O)N(C)C)NCCCN1CCOCC1)Oc1cccc(F)c1.I. The van der Waals surface area contributed by atoms with Crippen molar-refractivity contribution in [3.05, 3.63) is 30.1 Å². The third-order valence-corrected chi connectivity index (χ3v) is 4.97. The first-order valence-electron chi connectivity index (χ1n) is 10.9. The molecule has 1 aromatic rings. The van der Waals surface area contributed by atoms with Crippen LogP contribution in [0.4, 0.5) is 4.39 Å². The monoisotopic (exact) mass is 565 g/mol. The number of ether oxygens (including phenoxy) is 2. The Morgan fingerprint density at radius 1 is 1.31 bits per heavy atom. The van der Waals surface area contributed by atoms with Crippen LogP contribution in [0.15, 0.2) is 29.3 Å². The topological polar surface area (TPSA) is 78.4 Å². The summed E-state index contributed by atoms with van der Waals surface area (Å²) in [6.45, 7) is 7.79. The van der Waals surface area contributed by atoms with Gasteiger partial charge in [0.2, 0.25) is 5.91 Å². The molecule has 8 nitrogen and oxygen atoms in total. The second-order valence-corrected chi connectivity index (χ2v) is 7.67. The highest BCUT2D eigenvalue weighted by Gasteiger charge is 2.12. The average Bonchev–Trinajstić information content (AvgIpc) is 2.77. The van der Waals surface area contributed by atoms with E-state index in [2.05, 4.69) is 20.5 Å². The Kier molecular flexibility index (Phi) is 14.2. The molecule has 1 heterocycles. The number of halogens is 2. The van der Waals surface area contributed by atoms with Gasteiger partial charge in [-0.2, -0.15) is 0 Å². The summed E-state index contributed by atoms with van der Waals surface area (Å²) in [6.07, 6.45) is 1.54. The molecule has 0 bridgehead atoms. The lowest BCUT2D eigenvalue weighted by Crippen LogP contribution is -2.44. The van der Waals surface area contributed by atoms with E-state index >= 15 is 0 Å². The lowest BCUT2D eigenvalue weighted by atomic mass is 10.2. The fraction of sp³-hybridized carbons (Fsp3) is 0.636. The summed E-state index contributed by atoms with van der Waals surface area (Å²) >= 11 is 0. The van der Waals surface area contributed by atoms with E-state index in [9.17, 15) is 9.18 Å². The van der Waals surface area contributed by atoms with Crippen molar-refractivity contribution in [1.82, 2.24) is 20.4 Å². The third kappa shape index (κ3) is 11.3. The maximum atomic E-state index is 13.4. The number of hydrogen-bond donors (Lipinski definition) is 2. The average molecular weight is 565 g/mol. The van der Waals surface area contributed by atoms with Crippen molar-refractivity contribution in [2.45, 2.75) is 25.9 Å². The molecule has 1 aromatic carbocycles. The van der Waals surface area contributed by atoms with Crippen LogP contribution < -0.4 is 15.4 Å². The zero-order valence-electron chi connectivity index (χ0n) is 19.3. The second-order valence-electron chi connectivity index (χ2n) is 7.67. The molecule has 0 spiro atoms. The predicted octanol–water partition coefficient (Wildman–Crippen LogP) is 1.95. The van der Waals surface area contributed by atoms with Crippen LogP contribution in [0.2, 0.25) is 0 Å². The first-order valence-corrected chi connectivity index (χ1v) is 10.9. The third-order valence-electron chi connectivity index (χ3n) is 4.97. The number of rotatable bonds is 11. The highest BCUT2D eigenvalue weighted by molar-refractivity contribution is 14.0. The molecule has 1 fully saturated rings. The van der Waals surface area contributed by atoms with E-state index in [-0.39, 0.29) is 48.3 Å². The zero-order valence-corrected chi connectivity index (χ0v) is 21.6.